The summed E-state index contributed by atoms with van der Waals surface area (Å²) in [5.74, 6) is 0.844. The molecule has 1 fully saturated rings. The highest BCUT2D eigenvalue weighted by Crippen LogP contribution is 2.32. The highest BCUT2D eigenvalue weighted by atomic mass is 16.5. The van der Waals surface area contributed by atoms with Gasteiger partial charge in [0, 0.05) is 31.7 Å². The number of rotatable bonds is 8. The minimum Gasteiger partial charge on any atom is -0.396 e. The number of nitrogens with one attached hydrogen (secondary N) is 2. The van der Waals surface area contributed by atoms with Gasteiger partial charge in [0.25, 0.3) is 0 Å². The van der Waals surface area contributed by atoms with Crippen LogP contribution in [0.25, 0.3) is 0 Å². The number of nitrogens with zero attached hydrogens (tertiary/aromatic N) is 1. The van der Waals surface area contributed by atoms with Crippen LogP contribution in [0.5, 0.6) is 0 Å². The Balaban J connectivity index is 1.90. The minimum absolute atomic E-state index is 0.00928. The maximum absolute atomic E-state index is 9.34. The van der Waals surface area contributed by atoms with Crippen LogP contribution in [0.3, 0.4) is 0 Å². The first kappa shape index (κ1) is 19.7. The van der Waals surface area contributed by atoms with E-state index in [4.69, 9.17) is 9.73 Å². The van der Waals surface area contributed by atoms with E-state index >= 15 is 0 Å². The predicted molar refractivity (Wildman–Crippen MR) is 103 cm³/mol. The molecule has 1 aliphatic heterocycles. The lowest BCUT2D eigenvalue weighted by atomic mass is 9.84. The van der Waals surface area contributed by atoms with Crippen molar-refractivity contribution in [2.75, 3.05) is 39.5 Å². The van der Waals surface area contributed by atoms with Gasteiger partial charge in [0.05, 0.1) is 13.2 Å². The van der Waals surface area contributed by atoms with E-state index in [2.05, 4.69) is 49.6 Å². The number of benzene rings is 1. The summed E-state index contributed by atoms with van der Waals surface area (Å²) in [6, 6.07) is 6.61. The Morgan fingerprint density at radius 1 is 1.32 bits per heavy atom. The molecule has 0 aliphatic carbocycles. The van der Waals surface area contributed by atoms with Crippen molar-refractivity contribution in [2.45, 2.75) is 40.0 Å². The SMILES string of the molecule is CCNC(=NCC1(CCO)CCOC1)NCCc1ccc(C)cc1C. The molecule has 0 amide bonds. The van der Waals surface area contributed by atoms with Crippen LogP contribution in [0.4, 0.5) is 0 Å². The van der Waals surface area contributed by atoms with E-state index in [-0.39, 0.29) is 12.0 Å². The van der Waals surface area contributed by atoms with Crippen LogP contribution in [-0.2, 0) is 11.2 Å². The van der Waals surface area contributed by atoms with Gasteiger partial charge in [0.15, 0.2) is 5.96 Å². The van der Waals surface area contributed by atoms with Crippen LogP contribution < -0.4 is 10.6 Å². The third kappa shape index (κ3) is 6.01. The second-order valence-electron chi connectivity index (χ2n) is 7.08. The summed E-state index contributed by atoms with van der Waals surface area (Å²) >= 11 is 0. The standard InChI is InChI=1S/C20H33N3O2/c1-4-21-19(23-14-20(8-11-24)9-12-25-15-20)22-10-7-18-6-5-16(2)13-17(18)3/h5-6,13,24H,4,7-12,14-15H2,1-3H3,(H2,21,22,23). The zero-order chi connectivity index (χ0) is 18.1. The molecule has 25 heavy (non-hydrogen) atoms. The van der Waals surface area contributed by atoms with Gasteiger partial charge in [-0.2, -0.15) is 0 Å². The molecule has 140 valence electrons. The zero-order valence-corrected chi connectivity index (χ0v) is 15.9. The smallest absolute Gasteiger partial charge is 0.191 e. The van der Waals surface area contributed by atoms with Crippen molar-refractivity contribution in [3.63, 3.8) is 0 Å². The van der Waals surface area contributed by atoms with Crippen molar-refractivity contribution >= 4 is 5.96 Å². The lowest BCUT2D eigenvalue weighted by Gasteiger charge is -2.24. The van der Waals surface area contributed by atoms with E-state index in [1.807, 2.05) is 0 Å². The summed E-state index contributed by atoms with van der Waals surface area (Å²) in [5, 5.41) is 16.1. The van der Waals surface area contributed by atoms with Crippen LogP contribution in [-0.4, -0.2) is 50.5 Å². The number of hydrogen-bond donors (Lipinski definition) is 3. The summed E-state index contributed by atoms with van der Waals surface area (Å²) in [6.07, 6.45) is 2.69. The van der Waals surface area contributed by atoms with E-state index in [1.165, 1.54) is 16.7 Å². The molecule has 0 aromatic heterocycles. The fourth-order valence-corrected chi connectivity index (χ4v) is 3.32. The van der Waals surface area contributed by atoms with Crippen LogP contribution in [0.1, 0.15) is 36.5 Å². The summed E-state index contributed by atoms with van der Waals surface area (Å²) in [5.41, 5.74) is 4.01. The molecule has 0 spiro atoms. The summed E-state index contributed by atoms with van der Waals surface area (Å²) in [7, 11) is 0. The molecule has 3 N–H and O–H groups in total. The maximum atomic E-state index is 9.34. The molecule has 1 aromatic rings. The van der Waals surface area contributed by atoms with Crippen molar-refractivity contribution < 1.29 is 9.84 Å². The Kier molecular flexibility index (Phi) is 7.72. The number of hydrogen-bond acceptors (Lipinski definition) is 3. The van der Waals surface area contributed by atoms with E-state index < -0.39 is 0 Å². The Morgan fingerprint density at radius 3 is 2.80 bits per heavy atom. The predicted octanol–water partition coefficient (Wildman–Crippen LogP) is 2.19. The highest BCUT2D eigenvalue weighted by molar-refractivity contribution is 5.79. The van der Waals surface area contributed by atoms with Gasteiger partial charge in [-0.25, -0.2) is 0 Å². The van der Waals surface area contributed by atoms with Crippen LogP contribution in [0.15, 0.2) is 23.2 Å². The van der Waals surface area contributed by atoms with E-state index in [9.17, 15) is 5.11 Å². The van der Waals surface area contributed by atoms with E-state index in [0.29, 0.717) is 13.2 Å². The summed E-state index contributed by atoms with van der Waals surface area (Å²) in [4.78, 5) is 4.76. The number of ether oxygens (including phenoxy) is 1. The van der Waals surface area contributed by atoms with Crippen LogP contribution in [0, 0.1) is 19.3 Å². The Bertz CT molecular complexity index is 566. The fraction of sp³-hybridized carbons (Fsp3) is 0.650. The zero-order valence-electron chi connectivity index (χ0n) is 15.9. The molecule has 5 heteroatoms. The number of aliphatic imine (C=N–C) groups is 1. The van der Waals surface area contributed by atoms with Crippen LogP contribution >= 0.6 is 0 Å². The normalized spacial score (nSPS) is 20.7. The third-order valence-electron chi connectivity index (χ3n) is 4.93. The molecule has 1 saturated heterocycles. The van der Waals surface area contributed by atoms with Crippen LogP contribution in [0.2, 0.25) is 0 Å². The summed E-state index contributed by atoms with van der Waals surface area (Å²) < 4.78 is 5.55. The molecular formula is C20H33N3O2. The Labute approximate surface area is 151 Å². The number of guanidine groups is 1. The van der Waals surface area contributed by atoms with Crippen molar-refractivity contribution in [1.29, 1.82) is 0 Å². The second-order valence-corrected chi connectivity index (χ2v) is 7.08. The largest absolute Gasteiger partial charge is 0.396 e. The third-order valence-corrected chi connectivity index (χ3v) is 4.93. The fourth-order valence-electron chi connectivity index (χ4n) is 3.32. The van der Waals surface area contributed by atoms with Crippen molar-refractivity contribution in [2.24, 2.45) is 10.4 Å². The van der Waals surface area contributed by atoms with Gasteiger partial charge in [0.2, 0.25) is 0 Å². The molecule has 2 rings (SSSR count). The molecular weight excluding hydrogens is 314 g/mol. The number of aryl methyl sites for hydroxylation is 2. The van der Waals surface area contributed by atoms with Gasteiger partial charge >= 0.3 is 0 Å². The first-order valence-corrected chi connectivity index (χ1v) is 9.35. The molecule has 1 unspecified atom stereocenters. The van der Waals surface area contributed by atoms with Crippen molar-refractivity contribution in [1.82, 2.24) is 10.6 Å². The molecule has 0 saturated carbocycles. The molecule has 5 nitrogen and oxygen atoms in total. The molecule has 1 aromatic carbocycles. The number of aliphatic hydroxyl groups is 1. The lowest BCUT2D eigenvalue weighted by Crippen LogP contribution is -2.39. The second kappa shape index (κ2) is 9.78. The van der Waals surface area contributed by atoms with Gasteiger partial charge in [-0.3, -0.25) is 4.99 Å². The topological polar surface area (TPSA) is 65.9 Å². The van der Waals surface area contributed by atoms with Gasteiger partial charge in [0.1, 0.15) is 0 Å². The van der Waals surface area contributed by atoms with E-state index in [0.717, 1.165) is 44.9 Å². The molecule has 1 heterocycles. The average molecular weight is 348 g/mol. The summed E-state index contributed by atoms with van der Waals surface area (Å²) in [6.45, 7) is 10.4. The van der Waals surface area contributed by atoms with Crippen molar-refractivity contribution in [3.05, 3.63) is 34.9 Å². The molecule has 1 atom stereocenters. The maximum Gasteiger partial charge on any atom is 0.191 e. The van der Waals surface area contributed by atoms with E-state index in [1.54, 1.807) is 0 Å². The number of aliphatic hydroxyl groups excluding tert-OH is 1. The first-order chi connectivity index (χ1) is 12.1. The highest BCUT2D eigenvalue weighted by Gasteiger charge is 2.34. The quantitative estimate of drug-likeness (QED) is 0.498. The van der Waals surface area contributed by atoms with Gasteiger partial charge < -0.3 is 20.5 Å². The van der Waals surface area contributed by atoms with Gasteiger partial charge in [-0.1, -0.05) is 23.8 Å². The van der Waals surface area contributed by atoms with Gasteiger partial charge in [-0.15, -0.1) is 0 Å². The monoisotopic (exact) mass is 347 g/mol. The van der Waals surface area contributed by atoms with Gasteiger partial charge in [-0.05, 0) is 51.2 Å². The lowest BCUT2D eigenvalue weighted by molar-refractivity contribution is 0.131. The molecule has 0 bridgehead atoms. The molecule has 1 aliphatic rings. The Morgan fingerprint density at radius 2 is 2.16 bits per heavy atom. The van der Waals surface area contributed by atoms with Crippen molar-refractivity contribution in [3.8, 4) is 0 Å². The minimum atomic E-state index is -0.00928. The average Bonchev–Trinajstić information content (AvgIpc) is 3.04. The molecule has 0 radical (unpaired) electrons. The first-order valence-electron chi connectivity index (χ1n) is 9.35. The Hall–Kier alpha value is -1.59.